The van der Waals surface area contributed by atoms with E-state index in [2.05, 4.69) is 203 Å². The molecule has 0 bridgehead atoms. The van der Waals surface area contributed by atoms with Crippen molar-refractivity contribution >= 4 is 60.4 Å². The van der Waals surface area contributed by atoms with Crippen molar-refractivity contribution in [2.45, 2.75) is 25.1 Å². The molecule has 1 aromatic heterocycles. The maximum Gasteiger partial charge on any atom is 0.176 e. The molecule has 55 heavy (non-hydrogen) atoms. The van der Waals surface area contributed by atoms with Gasteiger partial charge in [0.2, 0.25) is 0 Å². The lowest BCUT2D eigenvalue weighted by atomic mass is 9.97. The molecule has 0 saturated heterocycles. The summed E-state index contributed by atoms with van der Waals surface area (Å²) in [6, 6.07) is 51.3. The van der Waals surface area contributed by atoms with Gasteiger partial charge in [0.25, 0.3) is 0 Å². The average molecular weight is 710 g/mol. The van der Waals surface area contributed by atoms with Crippen molar-refractivity contribution < 1.29 is 4.74 Å². The minimum atomic E-state index is -0.0717. The van der Waals surface area contributed by atoms with Gasteiger partial charge < -0.3 is 19.5 Å². The number of allylic oxidation sites excluding steroid dienone is 5. The van der Waals surface area contributed by atoms with Crippen molar-refractivity contribution in [3.8, 4) is 22.6 Å². The molecule has 2 aliphatic carbocycles. The second kappa shape index (κ2) is 13.0. The van der Waals surface area contributed by atoms with E-state index in [1.807, 2.05) is 0 Å². The predicted octanol–water partition coefficient (Wildman–Crippen LogP) is 13.0. The van der Waals surface area contributed by atoms with Crippen LogP contribution in [0.25, 0.3) is 60.2 Å². The van der Waals surface area contributed by atoms with Gasteiger partial charge in [-0.15, -0.1) is 0 Å². The Hall–Kier alpha value is -6.78. The Kier molecular flexibility index (Phi) is 7.48. The molecule has 3 aliphatic rings. The molecular weight excluding hydrogens is 671 g/mol. The van der Waals surface area contributed by atoms with Crippen LogP contribution in [0.15, 0.2) is 188 Å². The topological polar surface area (TPSA) is 29.4 Å². The standard InChI is InChI=1S/C51H39N3O/c1-4-12-36(13-5-1)51-52-50-48(55-51)31-25-35-20-21-38-32-42(28-29-43(38)49(35)50)53(39-14-6-2-7-15-39)41-26-22-34(23-27-41)37-24-30-47-45(33-37)44-18-10-11-19-46(44)54(47)40-16-8-3-9-17-40/h1-12,14,16-33,36,39,51-52H,13,15H2. The summed E-state index contributed by atoms with van der Waals surface area (Å²) in [4.78, 5) is 2.49. The van der Waals surface area contributed by atoms with E-state index in [-0.39, 0.29) is 12.3 Å². The van der Waals surface area contributed by atoms with E-state index in [1.54, 1.807) is 0 Å². The number of nitrogens with one attached hydrogen (secondary N) is 1. The molecule has 8 aromatic rings. The molecule has 0 amide bonds. The third-order valence-electron chi connectivity index (χ3n) is 11.6. The highest BCUT2D eigenvalue weighted by molar-refractivity contribution is 6.16. The fraction of sp³-hybridized carbons (Fsp3) is 0.0980. The number of hydrogen-bond donors (Lipinski definition) is 1. The third-order valence-corrected chi connectivity index (χ3v) is 11.6. The van der Waals surface area contributed by atoms with Crippen molar-refractivity contribution in [1.29, 1.82) is 0 Å². The molecule has 0 radical (unpaired) electrons. The fourth-order valence-electron chi connectivity index (χ4n) is 8.96. The lowest BCUT2D eigenvalue weighted by Crippen LogP contribution is -2.29. The first-order valence-corrected chi connectivity index (χ1v) is 19.3. The van der Waals surface area contributed by atoms with Crippen molar-refractivity contribution in [2.24, 2.45) is 5.92 Å². The SMILES string of the molecule is C1=CCC(C2Nc3c(ccc4ccc5cc(N(c6ccc(-c7ccc8c(c7)c7ccccc7n8-c7ccccc7)cc6)C6C=CC=CC6)ccc5c34)O2)C=C1. The lowest BCUT2D eigenvalue weighted by molar-refractivity contribution is 0.204. The molecule has 0 spiro atoms. The maximum absolute atomic E-state index is 6.48. The molecule has 1 N–H and O–H groups in total. The maximum atomic E-state index is 6.48. The van der Waals surface area contributed by atoms with Crippen LogP contribution in [0.3, 0.4) is 0 Å². The number of aromatic nitrogens is 1. The van der Waals surface area contributed by atoms with Crippen LogP contribution >= 0.6 is 0 Å². The summed E-state index contributed by atoms with van der Waals surface area (Å²) in [6.45, 7) is 0. The van der Waals surface area contributed by atoms with Gasteiger partial charge in [-0.05, 0) is 101 Å². The molecule has 3 atom stereocenters. The number of ether oxygens (including phenoxy) is 1. The number of anilines is 3. The minimum Gasteiger partial charge on any atom is -0.468 e. The molecule has 1 aliphatic heterocycles. The Balaban J connectivity index is 0.962. The number of benzene rings is 7. The van der Waals surface area contributed by atoms with Gasteiger partial charge in [0.1, 0.15) is 5.75 Å². The molecule has 264 valence electrons. The van der Waals surface area contributed by atoms with E-state index in [1.165, 1.54) is 71.5 Å². The number of nitrogens with zero attached hydrogens (tertiary/aromatic N) is 2. The first-order chi connectivity index (χ1) is 27.3. The summed E-state index contributed by atoms with van der Waals surface area (Å²) >= 11 is 0. The number of para-hydroxylation sites is 2. The Labute approximate surface area is 320 Å². The summed E-state index contributed by atoms with van der Waals surface area (Å²) in [5.74, 6) is 1.23. The van der Waals surface area contributed by atoms with Crippen molar-refractivity contribution in [1.82, 2.24) is 4.57 Å². The van der Waals surface area contributed by atoms with Crippen LogP contribution in [0.4, 0.5) is 17.1 Å². The molecule has 3 unspecified atom stereocenters. The number of hydrogen-bond acceptors (Lipinski definition) is 3. The van der Waals surface area contributed by atoms with Gasteiger partial charge in [0.05, 0.1) is 22.8 Å². The minimum absolute atomic E-state index is 0.0717. The summed E-state index contributed by atoms with van der Waals surface area (Å²) in [7, 11) is 0. The van der Waals surface area contributed by atoms with E-state index in [0.29, 0.717) is 5.92 Å². The monoisotopic (exact) mass is 709 g/mol. The lowest BCUT2D eigenvalue weighted by Gasteiger charge is -2.33. The van der Waals surface area contributed by atoms with Gasteiger partial charge in [0, 0.05) is 39.1 Å². The smallest absolute Gasteiger partial charge is 0.176 e. The molecule has 2 heterocycles. The van der Waals surface area contributed by atoms with E-state index in [0.717, 1.165) is 24.3 Å². The van der Waals surface area contributed by atoms with E-state index in [9.17, 15) is 0 Å². The van der Waals surface area contributed by atoms with Gasteiger partial charge in [-0.25, -0.2) is 0 Å². The van der Waals surface area contributed by atoms with Crippen molar-refractivity contribution in [2.75, 3.05) is 10.2 Å². The molecule has 0 saturated carbocycles. The fourth-order valence-corrected chi connectivity index (χ4v) is 8.96. The quantitative estimate of drug-likeness (QED) is 0.174. The Morgan fingerprint density at radius 3 is 2.15 bits per heavy atom. The largest absolute Gasteiger partial charge is 0.468 e. The summed E-state index contributed by atoms with van der Waals surface area (Å²) in [6.07, 6.45) is 19.5. The van der Waals surface area contributed by atoms with Gasteiger partial charge in [-0.1, -0.05) is 127 Å². The summed E-state index contributed by atoms with van der Waals surface area (Å²) in [5, 5.41) is 11.2. The highest BCUT2D eigenvalue weighted by atomic mass is 16.5. The van der Waals surface area contributed by atoms with E-state index >= 15 is 0 Å². The molecular formula is C51H39N3O. The average Bonchev–Trinajstić information content (AvgIpc) is 3.85. The van der Waals surface area contributed by atoms with Gasteiger partial charge in [-0.2, -0.15) is 0 Å². The molecule has 4 heteroatoms. The number of rotatable bonds is 6. The zero-order valence-electron chi connectivity index (χ0n) is 30.3. The highest BCUT2D eigenvalue weighted by Gasteiger charge is 2.30. The Morgan fingerprint density at radius 1 is 0.564 bits per heavy atom. The van der Waals surface area contributed by atoms with Gasteiger partial charge in [0.15, 0.2) is 6.23 Å². The highest BCUT2D eigenvalue weighted by Crippen LogP contribution is 2.45. The zero-order valence-corrected chi connectivity index (χ0v) is 30.3. The first kappa shape index (κ1) is 31.7. The van der Waals surface area contributed by atoms with Crippen LogP contribution in [0.1, 0.15) is 12.8 Å². The second-order valence-electron chi connectivity index (χ2n) is 14.9. The Bertz CT molecular complexity index is 2900. The second-order valence-corrected chi connectivity index (χ2v) is 14.9. The molecule has 4 nitrogen and oxygen atoms in total. The number of fused-ring (bicyclic) bond motifs is 8. The molecule has 0 fully saturated rings. The predicted molar refractivity (Wildman–Crippen MR) is 231 cm³/mol. The van der Waals surface area contributed by atoms with Crippen LogP contribution in [-0.4, -0.2) is 16.8 Å². The van der Waals surface area contributed by atoms with Crippen LogP contribution in [-0.2, 0) is 0 Å². The Morgan fingerprint density at radius 2 is 1.31 bits per heavy atom. The normalized spacial score (nSPS) is 18.6. The zero-order chi connectivity index (χ0) is 36.3. The van der Waals surface area contributed by atoms with Crippen LogP contribution in [0.5, 0.6) is 5.75 Å². The van der Waals surface area contributed by atoms with Crippen molar-refractivity contribution in [3.63, 3.8) is 0 Å². The summed E-state index contributed by atoms with van der Waals surface area (Å²) < 4.78 is 8.85. The van der Waals surface area contributed by atoms with Gasteiger partial charge >= 0.3 is 0 Å². The van der Waals surface area contributed by atoms with Crippen LogP contribution < -0.4 is 15.0 Å². The molecule has 11 rings (SSSR count). The first-order valence-electron chi connectivity index (χ1n) is 19.3. The van der Waals surface area contributed by atoms with Crippen molar-refractivity contribution in [3.05, 3.63) is 188 Å². The summed E-state index contributed by atoms with van der Waals surface area (Å²) in [5.41, 5.74) is 9.46. The van der Waals surface area contributed by atoms with Crippen LogP contribution in [0.2, 0.25) is 0 Å². The van der Waals surface area contributed by atoms with E-state index in [4.69, 9.17) is 4.74 Å². The molecule has 7 aromatic carbocycles. The van der Waals surface area contributed by atoms with Gasteiger partial charge in [-0.3, -0.25) is 0 Å². The van der Waals surface area contributed by atoms with E-state index < -0.39 is 0 Å². The third kappa shape index (κ3) is 5.36. The van der Waals surface area contributed by atoms with Crippen LogP contribution in [0, 0.1) is 5.92 Å².